The third kappa shape index (κ3) is 3.49. The number of hydrogen-bond acceptors (Lipinski definition) is 4. The molecule has 1 aromatic rings. The lowest BCUT2D eigenvalue weighted by Gasteiger charge is -2.34. The first kappa shape index (κ1) is 17.4. The van der Waals surface area contributed by atoms with E-state index in [1.54, 1.807) is 11.3 Å². The molecule has 1 aliphatic heterocycles. The smallest absolute Gasteiger partial charge is 0.338 e. The molecule has 2 heterocycles. The number of aliphatic carboxylic acids is 1. The van der Waals surface area contributed by atoms with Crippen molar-refractivity contribution in [1.29, 1.82) is 0 Å². The van der Waals surface area contributed by atoms with E-state index in [-0.39, 0.29) is 24.4 Å². The Bertz CT molecular complexity index is 534. The van der Waals surface area contributed by atoms with Gasteiger partial charge in [-0.25, -0.2) is 0 Å². The van der Waals surface area contributed by atoms with Crippen LogP contribution in [0.5, 0.6) is 5.75 Å². The van der Waals surface area contributed by atoms with Gasteiger partial charge >= 0.3 is 12.9 Å². The van der Waals surface area contributed by atoms with Crippen LogP contribution in [0.1, 0.15) is 45.9 Å². The van der Waals surface area contributed by atoms with Gasteiger partial charge in [-0.2, -0.15) is 0 Å². The van der Waals surface area contributed by atoms with Gasteiger partial charge in [0.1, 0.15) is 5.75 Å². The summed E-state index contributed by atoms with van der Waals surface area (Å²) in [4.78, 5) is 11.8. The normalized spacial score (nSPS) is 19.4. The largest absolute Gasteiger partial charge is 0.493 e. The van der Waals surface area contributed by atoms with Gasteiger partial charge in [-0.05, 0) is 45.0 Å². The lowest BCUT2D eigenvalue weighted by atomic mass is 9.58. The van der Waals surface area contributed by atoms with Crippen LogP contribution in [0.2, 0.25) is 6.32 Å². The molecule has 1 N–H and O–H groups in total. The maximum Gasteiger partial charge on any atom is 0.338 e. The fourth-order valence-electron chi connectivity index (χ4n) is 2.69. The zero-order valence-electron chi connectivity index (χ0n) is 14.1. The van der Waals surface area contributed by atoms with E-state index in [2.05, 4.69) is 27.7 Å². The van der Waals surface area contributed by atoms with Gasteiger partial charge < -0.3 is 14.5 Å². The van der Waals surface area contributed by atoms with Crippen molar-refractivity contribution in [2.75, 3.05) is 6.61 Å². The molecule has 0 amide bonds. The summed E-state index contributed by atoms with van der Waals surface area (Å²) in [5, 5.41) is 8.89. The number of carboxylic acids is 1. The van der Waals surface area contributed by atoms with E-state index < -0.39 is 5.97 Å². The van der Waals surface area contributed by atoms with Gasteiger partial charge in [0.25, 0.3) is 0 Å². The molecule has 0 aromatic carbocycles. The van der Waals surface area contributed by atoms with Gasteiger partial charge in [0, 0.05) is 9.65 Å². The number of hydrogen-bond donors (Lipinski definition) is 1. The Hall–Kier alpha value is -1.01. The van der Waals surface area contributed by atoms with Gasteiger partial charge in [-0.15, -0.1) is 11.3 Å². The molecule has 1 aromatic heterocycles. The van der Waals surface area contributed by atoms with Crippen molar-refractivity contribution in [3.63, 3.8) is 0 Å². The Morgan fingerprint density at radius 3 is 2.64 bits per heavy atom. The second-order valence-corrected chi connectivity index (χ2v) is 8.14. The van der Waals surface area contributed by atoms with Crippen LogP contribution in [0.4, 0.5) is 0 Å². The molecule has 122 valence electrons. The summed E-state index contributed by atoms with van der Waals surface area (Å²) in [5.41, 5.74) is -0.0661. The molecule has 4 nitrogen and oxygen atoms in total. The minimum atomic E-state index is -0.781. The van der Waals surface area contributed by atoms with Crippen LogP contribution < -0.4 is 9.51 Å². The Kier molecular flexibility index (Phi) is 4.92. The summed E-state index contributed by atoms with van der Waals surface area (Å²) in [6.45, 7) is 11.3. The number of rotatable bonds is 6. The summed E-state index contributed by atoms with van der Waals surface area (Å²) in [6, 6.07) is 2.04. The van der Waals surface area contributed by atoms with Crippen molar-refractivity contribution >= 4 is 29.0 Å². The molecule has 0 atom stereocenters. The van der Waals surface area contributed by atoms with Crippen molar-refractivity contribution in [2.24, 2.45) is 5.41 Å². The number of ether oxygens (including phenoxy) is 1. The monoisotopic (exact) mass is 324 g/mol. The third-order valence-corrected chi connectivity index (χ3v) is 6.00. The number of carbonyl (C=O) groups is 1. The molecule has 0 radical (unpaired) electrons. The van der Waals surface area contributed by atoms with Crippen molar-refractivity contribution in [1.82, 2.24) is 0 Å². The second-order valence-electron chi connectivity index (χ2n) is 6.97. The molecule has 0 bridgehead atoms. The van der Waals surface area contributed by atoms with Gasteiger partial charge in [-0.3, -0.25) is 4.79 Å². The number of thiophene rings is 1. The highest BCUT2D eigenvalue weighted by molar-refractivity contribution is 7.23. The predicted molar refractivity (Wildman–Crippen MR) is 90.6 cm³/mol. The van der Waals surface area contributed by atoms with E-state index in [4.69, 9.17) is 14.5 Å². The molecule has 0 unspecified atom stereocenters. The van der Waals surface area contributed by atoms with Crippen LogP contribution >= 0.6 is 11.3 Å². The summed E-state index contributed by atoms with van der Waals surface area (Å²) in [6.07, 6.45) is 1.60. The summed E-state index contributed by atoms with van der Waals surface area (Å²) in [7, 11) is 0. The van der Waals surface area contributed by atoms with Crippen LogP contribution in [-0.2, 0) is 15.9 Å². The summed E-state index contributed by atoms with van der Waals surface area (Å²) < 4.78 is 13.1. The highest BCUT2D eigenvalue weighted by Crippen LogP contribution is 2.45. The Labute approximate surface area is 136 Å². The average molecular weight is 324 g/mol. The quantitative estimate of drug-likeness (QED) is 0.817. The Morgan fingerprint density at radius 1 is 1.45 bits per heavy atom. The van der Waals surface area contributed by atoms with Crippen LogP contribution in [0.15, 0.2) is 6.07 Å². The zero-order chi connectivity index (χ0) is 16.5. The maximum absolute atomic E-state index is 10.8. The Balaban J connectivity index is 2.22. The molecule has 0 aliphatic carbocycles. The van der Waals surface area contributed by atoms with Crippen LogP contribution in [0.3, 0.4) is 0 Å². The number of carboxylic acid groups (broad SMARTS) is 1. The molecule has 1 aliphatic rings. The molecule has 0 spiro atoms. The van der Waals surface area contributed by atoms with Gasteiger partial charge in [0.15, 0.2) is 0 Å². The van der Waals surface area contributed by atoms with Gasteiger partial charge in [0.2, 0.25) is 0 Å². The van der Waals surface area contributed by atoms with Gasteiger partial charge in [-0.1, -0.05) is 13.8 Å². The lowest BCUT2D eigenvalue weighted by molar-refractivity contribution is -0.136. The highest BCUT2D eigenvalue weighted by Gasteiger charge is 2.50. The van der Waals surface area contributed by atoms with Crippen LogP contribution in [0, 0.1) is 5.41 Å². The molecule has 0 saturated carbocycles. The van der Waals surface area contributed by atoms with E-state index in [9.17, 15) is 4.79 Å². The van der Waals surface area contributed by atoms with Crippen LogP contribution in [-0.4, -0.2) is 30.2 Å². The fourth-order valence-corrected chi connectivity index (χ4v) is 3.82. The minimum Gasteiger partial charge on any atom is -0.493 e. The molecule has 1 saturated heterocycles. The fraction of sp³-hybridized carbons (Fsp3) is 0.688. The van der Waals surface area contributed by atoms with Crippen molar-refractivity contribution < 1.29 is 19.3 Å². The predicted octanol–water partition coefficient (Wildman–Crippen LogP) is 3.20. The number of aryl methyl sites for hydroxylation is 1. The average Bonchev–Trinajstić information content (AvgIpc) is 2.87. The summed E-state index contributed by atoms with van der Waals surface area (Å²) >= 11 is 1.63. The first-order chi connectivity index (χ1) is 10.2. The van der Waals surface area contributed by atoms with Crippen LogP contribution in [0.25, 0.3) is 0 Å². The molecular formula is C16H25BO4S. The van der Waals surface area contributed by atoms with Crippen molar-refractivity contribution in [3.05, 3.63) is 10.9 Å². The highest BCUT2D eigenvalue weighted by atomic mass is 32.1. The molecular weight excluding hydrogens is 299 g/mol. The summed E-state index contributed by atoms with van der Waals surface area (Å²) in [5.74, 6) is 0.0339. The SMILES string of the molecule is CCOc1cc(B2CC(C)(C)C(C)(C)O2)sc1CCC(=O)O. The maximum atomic E-state index is 10.8. The first-order valence-corrected chi connectivity index (χ1v) is 8.63. The minimum absolute atomic E-state index is 0.0628. The molecule has 2 rings (SSSR count). The molecule has 22 heavy (non-hydrogen) atoms. The topological polar surface area (TPSA) is 55.8 Å². The Morgan fingerprint density at radius 2 is 2.14 bits per heavy atom. The van der Waals surface area contributed by atoms with Gasteiger partial charge in [0.05, 0.1) is 18.6 Å². The van der Waals surface area contributed by atoms with E-state index in [0.29, 0.717) is 13.0 Å². The molecule has 1 fully saturated rings. The standard InChI is InChI=1S/C16H25BO4S/c1-6-20-11-9-13(22-12(11)7-8-14(18)19)17-10-15(2,3)16(4,5)21-17/h9H,6-8,10H2,1-5H3,(H,18,19). The zero-order valence-corrected chi connectivity index (χ0v) is 14.9. The first-order valence-electron chi connectivity index (χ1n) is 7.81. The van der Waals surface area contributed by atoms with E-state index in [1.807, 2.05) is 13.0 Å². The van der Waals surface area contributed by atoms with E-state index in [1.165, 1.54) is 0 Å². The van der Waals surface area contributed by atoms with E-state index >= 15 is 0 Å². The van der Waals surface area contributed by atoms with Crippen molar-refractivity contribution in [2.45, 2.75) is 59.4 Å². The lowest BCUT2D eigenvalue weighted by Crippen LogP contribution is -2.35. The third-order valence-electron chi connectivity index (χ3n) is 4.73. The second kappa shape index (κ2) is 6.24. The van der Waals surface area contributed by atoms with E-state index in [0.717, 1.165) is 21.7 Å². The molecule has 6 heteroatoms. The van der Waals surface area contributed by atoms with Crippen molar-refractivity contribution in [3.8, 4) is 5.75 Å².